The third-order valence-corrected chi connectivity index (χ3v) is 5.66. The van der Waals surface area contributed by atoms with Gasteiger partial charge in [-0.1, -0.05) is 36.4 Å². The van der Waals surface area contributed by atoms with Gasteiger partial charge >= 0.3 is 0 Å². The van der Waals surface area contributed by atoms with Gasteiger partial charge in [0.2, 0.25) is 5.91 Å². The van der Waals surface area contributed by atoms with Gasteiger partial charge in [0.05, 0.1) is 17.6 Å². The van der Waals surface area contributed by atoms with Gasteiger partial charge in [-0.15, -0.1) is 0 Å². The monoisotopic (exact) mass is 417 g/mol. The van der Waals surface area contributed by atoms with Gasteiger partial charge in [-0.3, -0.25) is 9.59 Å². The summed E-state index contributed by atoms with van der Waals surface area (Å²) in [7, 11) is -3.97. The topological polar surface area (TPSA) is 116 Å². The minimum absolute atomic E-state index is 0.0180. The van der Waals surface area contributed by atoms with Crippen molar-refractivity contribution in [1.29, 1.82) is 5.26 Å². The first-order valence-corrected chi connectivity index (χ1v) is 10.5. The average Bonchev–Trinajstić information content (AvgIpc) is 2.69. The Labute approximate surface area is 168 Å². The molecule has 0 aliphatic heterocycles. The second kappa shape index (κ2) is 9.80. The number of hydrogen-bond acceptors (Lipinski definition) is 5. The van der Waals surface area contributed by atoms with E-state index in [0.29, 0.717) is 5.56 Å². The summed E-state index contributed by atoms with van der Waals surface area (Å²) in [6.45, 7) is 1.17. The number of halogens is 1. The normalized spacial score (nSPS) is 11.9. The summed E-state index contributed by atoms with van der Waals surface area (Å²) in [6.07, 6.45) is 0. The van der Waals surface area contributed by atoms with Crippen LogP contribution in [0.3, 0.4) is 0 Å². The maximum Gasteiger partial charge on any atom is 0.251 e. The number of nitriles is 1. The van der Waals surface area contributed by atoms with Crippen molar-refractivity contribution in [1.82, 2.24) is 10.6 Å². The lowest BCUT2D eigenvalue weighted by Crippen LogP contribution is -2.50. The molecule has 0 radical (unpaired) electrons. The average molecular weight is 417 g/mol. The van der Waals surface area contributed by atoms with Crippen molar-refractivity contribution in [2.24, 2.45) is 0 Å². The van der Waals surface area contributed by atoms with Crippen LogP contribution in [0, 0.1) is 24.1 Å². The fourth-order valence-corrected chi connectivity index (χ4v) is 4.19. The fourth-order valence-electron chi connectivity index (χ4n) is 2.63. The number of hydrogen-bond donors (Lipinski definition) is 2. The number of aryl methyl sites for hydroxylation is 1. The van der Waals surface area contributed by atoms with Crippen LogP contribution in [0.5, 0.6) is 0 Å². The van der Waals surface area contributed by atoms with Gasteiger partial charge in [-0.05, 0) is 24.6 Å². The van der Waals surface area contributed by atoms with Gasteiger partial charge < -0.3 is 10.6 Å². The van der Waals surface area contributed by atoms with E-state index >= 15 is 0 Å². The first-order chi connectivity index (χ1) is 13.7. The number of nitrogens with one attached hydrogen (secondary N) is 2. The van der Waals surface area contributed by atoms with Crippen molar-refractivity contribution in [2.75, 3.05) is 12.3 Å². The van der Waals surface area contributed by atoms with E-state index in [4.69, 9.17) is 5.26 Å². The minimum Gasteiger partial charge on any atom is -0.341 e. The van der Waals surface area contributed by atoms with Gasteiger partial charge in [0, 0.05) is 11.1 Å². The van der Waals surface area contributed by atoms with E-state index in [9.17, 15) is 22.4 Å². The summed E-state index contributed by atoms with van der Waals surface area (Å²) in [4.78, 5) is 24.7. The molecule has 152 valence electrons. The van der Waals surface area contributed by atoms with E-state index in [2.05, 4.69) is 10.6 Å². The maximum absolute atomic E-state index is 14.2. The van der Waals surface area contributed by atoms with E-state index in [1.807, 2.05) is 0 Å². The molecule has 9 heteroatoms. The number of benzene rings is 2. The minimum atomic E-state index is -3.97. The predicted molar refractivity (Wildman–Crippen MR) is 105 cm³/mol. The molecule has 2 amide bonds. The van der Waals surface area contributed by atoms with Crippen molar-refractivity contribution >= 4 is 21.7 Å². The van der Waals surface area contributed by atoms with Crippen molar-refractivity contribution in [3.8, 4) is 6.07 Å². The molecule has 0 saturated carbocycles. The van der Waals surface area contributed by atoms with Crippen LogP contribution in [-0.2, 0) is 20.4 Å². The first-order valence-electron chi connectivity index (χ1n) is 8.68. The first kappa shape index (κ1) is 22.0. The molecule has 0 spiro atoms. The SMILES string of the molecule is Cc1cccc(CS(=O)(=O)CC(NC(=O)c2ccccc2)C(=O)NCC#N)c1F. The molecule has 2 aromatic carbocycles. The highest BCUT2D eigenvalue weighted by Gasteiger charge is 2.28. The second-order valence-corrected chi connectivity index (χ2v) is 8.48. The van der Waals surface area contributed by atoms with E-state index in [1.165, 1.54) is 37.3 Å². The molecule has 2 N–H and O–H groups in total. The molecule has 2 rings (SSSR count). The van der Waals surface area contributed by atoms with Gasteiger partial charge in [-0.2, -0.15) is 5.26 Å². The Morgan fingerprint density at radius 1 is 1.14 bits per heavy atom. The van der Waals surface area contributed by atoms with Crippen LogP contribution >= 0.6 is 0 Å². The zero-order valence-corrected chi connectivity index (χ0v) is 16.5. The molecule has 0 fully saturated rings. The molecule has 1 unspecified atom stereocenters. The lowest BCUT2D eigenvalue weighted by molar-refractivity contribution is -0.122. The quantitative estimate of drug-likeness (QED) is 0.631. The molecule has 7 nitrogen and oxygen atoms in total. The molecular formula is C20H20FN3O4S. The van der Waals surface area contributed by atoms with Crippen LogP contribution in [0.15, 0.2) is 48.5 Å². The number of rotatable bonds is 8. The number of carbonyl (C=O) groups is 2. The number of nitrogens with zero attached hydrogens (tertiary/aromatic N) is 1. The van der Waals surface area contributed by atoms with Crippen molar-refractivity contribution in [3.63, 3.8) is 0 Å². The number of amides is 2. The van der Waals surface area contributed by atoms with E-state index in [1.54, 1.807) is 24.3 Å². The number of sulfone groups is 1. The van der Waals surface area contributed by atoms with Crippen molar-refractivity contribution < 1.29 is 22.4 Å². The Hall–Kier alpha value is -3.25. The van der Waals surface area contributed by atoms with Crippen LogP contribution in [0.1, 0.15) is 21.5 Å². The third kappa shape index (κ3) is 6.40. The summed E-state index contributed by atoms with van der Waals surface area (Å²) in [5.41, 5.74) is 0.529. The zero-order valence-electron chi connectivity index (χ0n) is 15.7. The Bertz CT molecular complexity index is 1030. The van der Waals surface area contributed by atoms with E-state index < -0.39 is 45.0 Å². The molecule has 0 aliphatic rings. The van der Waals surface area contributed by atoms with Crippen molar-refractivity contribution in [3.05, 3.63) is 71.0 Å². The van der Waals surface area contributed by atoms with Gasteiger partial charge in [0.1, 0.15) is 18.4 Å². The predicted octanol–water partition coefficient (Wildman–Crippen LogP) is 1.49. The summed E-state index contributed by atoms with van der Waals surface area (Å²) >= 11 is 0. The molecular weight excluding hydrogens is 397 g/mol. The maximum atomic E-state index is 14.2. The van der Waals surface area contributed by atoms with Crippen LogP contribution < -0.4 is 10.6 Å². The largest absolute Gasteiger partial charge is 0.341 e. The molecule has 0 bridgehead atoms. The van der Waals surface area contributed by atoms with Crippen molar-refractivity contribution in [2.45, 2.75) is 18.7 Å². The van der Waals surface area contributed by atoms with Crippen LogP contribution in [0.25, 0.3) is 0 Å². The van der Waals surface area contributed by atoms with Crippen LogP contribution in [0.2, 0.25) is 0 Å². The summed E-state index contributed by atoms with van der Waals surface area (Å²) in [5, 5.41) is 13.2. The van der Waals surface area contributed by atoms with Gasteiger partial charge in [0.25, 0.3) is 5.91 Å². The molecule has 2 aromatic rings. The zero-order chi connectivity index (χ0) is 21.4. The summed E-state index contributed by atoms with van der Waals surface area (Å²) < 4.78 is 39.4. The highest BCUT2D eigenvalue weighted by Crippen LogP contribution is 2.16. The molecule has 0 aliphatic carbocycles. The Kier molecular flexibility index (Phi) is 7.45. The summed E-state index contributed by atoms with van der Waals surface area (Å²) in [6, 6.07) is 12.7. The van der Waals surface area contributed by atoms with E-state index in [0.717, 1.165) is 0 Å². The van der Waals surface area contributed by atoms with Gasteiger partial charge in [-0.25, -0.2) is 12.8 Å². The third-order valence-electron chi connectivity index (χ3n) is 4.07. The molecule has 0 aromatic heterocycles. The highest BCUT2D eigenvalue weighted by molar-refractivity contribution is 7.90. The Morgan fingerprint density at radius 2 is 1.83 bits per heavy atom. The summed E-state index contributed by atoms with van der Waals surface area (Å²) in [5.74, 6) is -3.45. The van der Waals surface area contributed by atoms with Crippen LogP contribution in [-0.4, -0.2) is 38.6 Å². The Balaban J connectivity index is 2.21. The Morgan fingerprint density at radius 3 is 2.48 bits per heavy atom. The smallest absolute Gasteiger partial charge is 0.251 e. The standard InChI is InChI=1S/C20H20FN3O4S/c1-14-6-5-9-16(18(14)21)12-29(27,28)13-17(20(26)23-11-10-22)24-19(25)15-7-3-2-4-8-15/h2-9,17H,11-13H2,1H3,(H,23,26)(H,24,25). The lowest BCUT2D eigenvalue weighted by Gasteiger charge is -2.18. The lowest BCUT2D eigenvalue weighted by atomic mass is 10.1. The molecule has 29 heavy (non-hydrogen) atoms. The molecule has 0 heterocycles. The van der Waals surface area contributed by atoms with E-state index in [-0.39, 0.29) is 17.7 Å². The van der Waals surface area contributed by atoms with Gasteiger partial charge in [0.15, 0.2) is 9.84 Å². The molecule has 0 saturated heterocycles. The molecule has 1 atom stereocenters. The van der Waals surface area contributed by atoms with Crippen LogP contribution in [0.4, 0.5) is 4.39 Å². The fraction of sp³-hybridized carbons (Fsp3) is 0.250. The second-order valence-electron chi connectivity index (χ2n) is 6.37. The number of carbonyl (C=O) groups excluding carboxylic acids is 2. The highest BCUT2D eigenvalue weighted by atomic mass is 32.2.